The van der Waals surface area contributed by atoms with E-state index in [-0.39, 0.29) is 30.9 Å². The van der Waals surface area contributed by atoms with Crippen molar-refractivity contribution in [1.82, 2.24) is 10.6 Å². The third kappa shape index (κ3) is 3.83. The Morgan fingerprint density at radius 2 is 2.00 bits per heavy atom. The number of urea groups is 1. The lowest BCUT2D eigenvalue weighted by Gasteiger charge is -2.36. The summed E-state index contributed by atoms with van der Waals surface area (Å²) in [5.41, 5.74) is -0.240. The van der Waals surface area contributed by atoms with Gasteiger partial charge in [-0.3, -0.25) is 4.79 Å². The van der Waals surface area contributed by atoms with E-state index in [0.29, 0.717) is 6.61 Å². The van der Waals surface area contributed by atoms with Crippen molar-refractivity contribution in [3.8, 4) is 0 Å². The minimum absolute atomic E-state index is 0.0457. The summed E-state index contributed by atoms with van der Waals surface area (Å²) < 4.78 is 10.7. The first-order chi connectivity index (χ1) is 9.37. The SMILES string of the molecule is CC1(C)CC(NC(=O)NC2COCC2C(=O)O)CCO1. The largest absolute Gasteiger partial charge is 0.481 e. The maximum Gasteiger partial charge on any atom is 0.315 e. The van der Waals surface area contributed by atoms with Gasteiger partial charge in [0, 0.05) is 12.6 Å². The van der Waals surface area contributed by atoms with Crippen LogP contribution in [0.2, 0.25) is 0 Å². The molecule has 2 aliphatic heterocycles. The molecule has 20 heavy (non-hydrogen) atoms. The van der Waals surface area contributed by atoms with Crippen LogP contribution >= 0.6 is 0 Å². The lowest BCUT2D eigenvalue weighted by molar-refractivity contribution is -0.142. The Labute approximate surface area is 118 Å². The van der Waals surface area contributed by atoms with E-state index >= 15 is 0 Å². The molecule has 2 fully saturated rings. The Balaban J connectivity index is 1.82. The van der Waals surface area contributed by atoms with Crippen LogP contribution in [0.4, 0.5) is 4.79 Å². The van der Waals surface area contributed by atoms with Gasteiger partial charge in [-0.05, 0) is 26.7 Å². The Morgan fingerprint density at radius 1 is 1.25 bits per heavy atom. The van der Waals surface area contributed by atoms with Crippen molar-refractivity contribution in [2.45, 2.75) is 44.4 Å². The second-order valence-corrected chi connectivity index (χ2v) is 6.00. The van der Waals surface area contributed by atoms with Gasteiger partial charge in [-0.1, -0.05) is 0 Å². The molecule has 0 aromatic heterocycles. The van der Waals surface area contributed by atoms with Crippen molar-refractivity contribution in [3.63, 3.8) is 0 Å². The van der Waals surface area contributed by atoms with Gasteiger partial charge in [0.2, 0.25) is 0 Å². The van der Waals surface area contributed by atoms with E-state index in [1.807, 2.05) is 13.8 Å². The summed E-state index contributed by atoms with van der Waals surface area (Å²) in [5.74, 6) is -1.62. The average Bonchev–Trinajstić information content (AvgIpc) is 2.75. The quantitative estimate of drug-likeness (QED) is 0.695. The number of amides is 2. The minimum atomic E-state index is -0.944. The molecule has 3 unspecified atom stereocenters. The van der Waals surface area contributed by atoms with Crippen LogP contribution in [0.15, 0.2) is 0 Å². The van der Waals surface area contributed by atoms with Gasteiger partial charge >= 0.3 is 12.0 Å². The highest BCUT2D eigenvalue weighted by molar-refractivity contribution is 5.77. The fraction of sp³-hybridized carbons (Fsp3) is 0.846. The summed E-state index contributed by atoms with van der Waals surface area (Å²) in [6, 6.07) is -0.765. The van der Waals surface area contributed by atoms with Crippen LogP contribution in [0, 0.1) is 5.92 Å². The number of carboxylic acids is 1. The average molecular weight is 286 g/mol. The van der Waals surface area contributed by atoms with Gasteiger partial charge in [0.15, 0.2) is 0 Å². The van der Waals surface area contributed by atoms with Crippen LogP contribution in [-0.4, -0.2) is 54.6 Å². The Hall–Kier alpha value is -1.34. The van der Waals surface area contributed by atoms with Gasteiger partial charge in [-0.25, -0.2) is 4.79 Å². The number of rotatable bonds is 3. The summed E-state index contributed by atoms with van der Waals surface area (Å²) in [7, 11) is 0. The van der Waals surface area contributed by atoms with E-state index in [9.17, 15) is 9.59 Å². The number of hydrogen-bond acceptors (Lipinski definition) is 4. The van der Waals surface area contributed by atoms with E-state index in [0.717, 1.165) is 12.8 Å². The first-order valence-corrected chi connectivity index (χ1v) is 6.89. The summed E-state index contributed by atoms with van der Waals surface area (Å²) in [5, 5.41) is 14.6. The lowest BCUT2D eigenvalue weighted by Crippen LogP contribution is -2.52. The molecule has 0 saturated carbocycles. The number of ether oxygens (including phenoxy) is 2. The van der Waals surface area contributed by atoms with Crippen LogP contribution in [0.5, 0.6) is 0 Å². The van der Waals surface area contributed by atoms with E-state index in [2.05, 4.69) is 10.6 Å². The molecule has 0 radical (unpaired) electrons. The molecule has 2 saturated heterocycles. The smallest absolute Gasteiger partial charge is 0.315 e. The molecule has 7 nitrogen and oxygen atoms in total. The molecule has 2 amide bonds. The molecule has 0 aromatic rings. The molecule has 0 aromatic carbocycles. The molecular formula is C13H22N2O5. The summed E-state index contributed by atoms with van der Waals surface area (Å²) in [4.78, 5) is 22.9. The second-order valence-electron chi connectivity index (χ2n) is 6.00. The minimum Gasteiger partial charge on any atom is -0.481 e. The zero-order valence-corrected chi connectivity index (χ0v) is 11.8. The van der Waals surface area contributed by atoms with Gasteiger partial charge in [0.1, 0.15) is 5.92 Å². The fourth-order valence-corrected chi connectivity index (χ4v) is 2.69. The van der Waals surface area contributed by atoms with E-state index in [4.69, 9.17) is 14.6 Å². The normalized spacial score (nSPS) is 32.6. The highest BCUT2D eigenvalue weighted by Gasteiger charge is 2.36. The number of carboxylic acid groups (broad SMARTS) is 1. The second kappa shape index (κ2) is 5.97. The monoisotopic (exact) mass is 286 g/mol. The maximum atomic E-state index is 11.9. The number of aliphatic carboxylic acids is 1. The van der Waals surface area contributed by atoms with Crippen molar-refractivity contribution >= 4 is 12.0 Å². The standard InChI is InChI=1S/C13H22N2O5/c1-13(2)5-8(3-4-20-13)14-12(18)15-10-7-19-6-9(10)11(16)17/h8-10H,3-7H2,1-2H3,(H,16,17)(H2,14,15,18). The van der Waals surface area contributed by atoms with Gasteiger partial charge in [0.25, 0.3) is 0 Å². The number of carbonyl (C=O) groups is 2. The number of nitrogens with one attached hydrogen (secondary N) is 2. The van der Waals surface area contributed by atoms with E-state index < -0.39 is 17.9 Å². The lowest BCUT2D eigenvalue weighted by atomic mass is 9.94. The van der Waals surface area contributed by atoms with E-state index in [1.54, 1.807) is 0 Å². The van der Waals surface area contributed by atoms with Crippen LogP contribution in [0.1, 0.15) is 26.7 Å². The van der Waals surface area contributed by atoms with Gasteiger partial charge in [-0.2, -0.15) is 0 Å². The highest BCUT2D eigenvalue weighted by Crippen LogP contribution is 2.23. The Kier molecular flexibility index (Phi) is 4.49. The number of hydrogen-bond donors (Lipinski definition) is 3. The van der Waals surface area contributed by atoms with Crippen LogP contribution in [0.25, 0.3) is 0 Å². The summed E-state index contributed by atoms with van der Waals surface area (Å²) >= 11 is 0. The van der Waals surface area contributed by atoms with Crippen molar-refractivity contribution in [2.75, 3.05) is 19.8 Å². The first kappa shape index (κ1) is 15.1. The molecule has 7 heteroatoms. The van der Waals surface area contributed by atoms with E-state index in [1.165, 1.54) is 0 Å². The number of carbonyl (C=O) groups excluding carboxylic acids is 1. The van der Waals surface area contributed by atoms with Crippen molar-refractivity contribution in [3.05, 3.63) is 0 Å². The van der Waals surface area contributed by atoms with Crippen LogP contribution in [0.3, 0.4) is 0 Å². The molecule has 2 aliphatic rings. The third-order valence-corrected chi connectivity index (χ3v) is 3.75. The topological polar surface area (TPSA) is 96.9 Å². The maximum absolute atomic E-state index is 11.9. The molecule has 3 N–H and O–H groups in total. The molecular weight excluding hydrogens is 264 g/mol. The first-order valence-electron chi connectivity index (χ1n) is 6.89. The van der Waals surface area contributed by atoms with Gasteiger partial charge in [-0.15, -0.1) is 0 Å². The molecule has 3 atom stereocenters. The molecule has 0 spiro atoms. The van der Waals surface area contributed by atoms with Gasteiger partial charge in [0.05, 0.1) is 24.9 Å². The predicted octanol–water partition coefficient (Wildman–Crippen LogP) is 0.343. The summed E-state index contributed by atoms with van der Waals surface area (Å²) in [6.07, 6.45) is 1.50. The molecule has 0 aliphatic carbocycles. The molecule has 2 rings (SSSR count). The zero-order valence-electron chi connectivity index (χ0n) is 11.8. The van der Waals surface area contributed by atoms with Crippen LogP contribution < -0.4 is 10.6 Å². The van der Waals surface area contributed by atoms with Crippen molar-refractivity contribution < 1.29 is 24.2 Å². The van der Waals surface area contributed by atoms with Crippen molar-refractivity contribution in [1.29, 1.82) is 0 Å². The molecule has 114 valence electrons. The van der Waals surface area contributed by atoms with Crippen LogP contribution in [-0.2, 0) is 14.3 Å². The zero-order chi connectivity index (χ0) is 14.8. The summed E-state index contributed by atoms with van der Waals surface area (Å²) in [6.45, 7) is 4.98. The Bertz CT molecular complexity index is 385. The fourth-order valence-electron chi connectivity index (χ4n) is 2.69. The predicted molar refractivity (Wildman–Crippen MR) is 70.5 cm³/mol. The molecule has 0 bridgehead atoms. The van der Waals surface area contributed by atoms with Gasteiger partial charge < -0.3 is 25.2 Å². The van der Waals surface area contributed by atoms with Crippen molar-refractivity contribution in [2.24, 2.45) is 5.92 Å². The Morgan fingerprint density at radius 3 is 2.65 bits per heavy atom. The molecule has 2 heterocycles. The third-order valence-electron chi connectivity index (χ3n) is 3.75. The highest BCUT2D eigenvalue weighted by atomic mass is 16.5.